The molecule has 1 amide bonds. The molecule has 1 aliphatic heterocycles. The number of nitrogens with zero attached hydrogens (tertiary/aromatic N) is 1. The van der Waals surface area contributed by atoms with E-state index in [2.05, 4.69) is 5.32 Å². The number of fused-ring (bicyclic) bond motifs is 1. The van der Waals surface area contributed by atoms with Gasteiger partial charge in [0.05, 0.1) is 5.75 Å². The van der Waals surface area contributed by atoms with E-state index in [1.54, 1.807) is 6.92 Å². The van der Waals surface area contributed by atoms with Gasteiger partial charge in [-0.3, -0.25) is 4.79 Å². The summed E-state index contributed by atoms with van der Waals surface area (Å²) >= 11 is 0. The number of likely N-dealkylation sites (N-methyl/N-ethyl adjacent to an activating group) is 1. The molecule has 0 saturated heterocycles. The SMILES string of the molecule is CCNC(=O)[C@@H]1Cc2ccccc2CN1S(=O)(=O)CC. The number of hydrogen-bond donors (Lipinski definition) is 1. The van der Waals surface area contributed by atoms with Crippen LogP contribution in [0.1, 0.15) is 25.0 Å². The van der Waals surface area contributed by atoms with Crippen molar-refractivity contribution in [3.05, 3.63) is 35.4 Å². The van der Waals surface area contributed by atoms with Crippen LogP contribution in [0.25, 0.3) is 0 Å². The van der Waals surface area contributed by atoms with E-state index in [9.17, 15) is 13.2 Å². The molecule has 1 atom stereocenters. The van der Waals surface area contributed by atoms with E-state index in [1.165, 1.54) is 4.31 Å². The second kappa shape index (κ2) is 5.93. The standard InChI is InChI=1S/C14H20N2O3S/c1-3-15-14(17)13-9-11-7-5-6-8-12(11)10-16(13)20(18,19)4-2/h5-8,13H,3-4,9-10H2,1-2H3,(H,15,17)/t13-/m0/s1. The predicted molar refractivity (Wildman–Crippen MR) is 77.6 cm³/mol. The zero-order chi connectivity index (χ0) is 14.8. The molecule has 1 aromatic rings. The lowest BCUT2D eigenvalue weighted by atomic mass is 9.95. The quantitative estimate of drug-likeness (QED) is 0.897. The highest BCUT2D eigenvalue weighted by Crippen LogP contribution is 2.26. The van der Waals surface area contributed by atoms with Crippen molar-refractivity contribution in [3.8, 4) is 0 Å². The third kappa shape index (κ3) is 2.86. The van der Waals surface area contributed by atoms with Crippen molar-refractivity contribution >= 4 is 15.9 Å². The number of sulfonamides is 1. The number of carbonyl (C=O) groups excluding carboxylic acids is 1. The Morgan fingerprint density at radius 1 is 1.30 bits per heavy atom. The van der Waals surface area contributed by atoms with Gasteiger partial charge in [-0.15, -0.1) is 0 Å². The molecule has 0 unspecified atom stereocenters. The van der Waals surface area contributed by atoms with Gasteiger partial charge in [0.1, 0.15) is 6.04 Å². The molecule has 20 heavy (non-hydrogen) atoms. The summed E-state index contributed by atoms with van der Waals surface area (Å²) in [5, 5.41) is 2.73. The zero-order valence-electron chi connectivity index (χ0n) is 11.8. The summed E-state index contributed by atoms with van der Waals surface area (Å²) in [4.78, 5) is 12.2. The number of benzene rings is 1. The highest BCUT2D eigenvalue weighted by Gasteiger charge is 2.37. The summed E-state index contributed by atoms with van der Waals surface area (Å²) in [6, 6.07) is 7.04. The van der Waals surface area contributed by atoms with Crippen LogP contribution in [0.5, 0.6) is 0 Å². The molecule has 0 fully saturated rings. The molecular formula is C14H20N2O3S. The fourth-order valence-corrected chi connectivity index (χ4v) is 3.70. The molecule has 0 aliphatic carbocycles. The average Bonchev–Trinajstić information content (AvgIpc) is 2.46. The Balaban J connectivity index is 2.39. The number of nitrogens with one attached hydrogen (secondary N) is 1. The monoisotopic (exact) mass is 296 g/mol. The number of amides is 1. The van der Waals surface area contributed by atoms with Crippen LogP contribution >= 0.6 is 0 Å². The van der Waals surface area contributed by atoms with Crippen LogP contribution < -0.4 is 5.32 Å². The van der Waals surface area contributed by atoms with Crippen LogP contribution in [0.3, 0.4) is 0 Å². The summed E-state index contributed by atoms with van der Waals surface area (Å²) in [7, 11) is -3.40. The van der Waals surface area contributed by atoms with Crippen LogP contribution in [0.2, 0.25) is 0 Å². The number of hydrogen-bond acceptors (Lipinski definition) is 3. The van der Waals surface area contributed by atoms with Crippen molar-refractivity contribution in [2.24, 2.45) is 0 Å². The molecule has 0 aromatic heterocycles. The highest BCUT2D eigenvalue weighted by atomic mass is 32.2. The summed E-state index contributed by atoms with van der Waals surface area (Å²) in [5.41, 5.74) is 2.02. The third-order valence-corrected chi connectivity index (χ3v) is 5.41. The van der Waals surface area contributed by atoms with Crippen molar-refractivity contribution in [1.82, 2.24) is 9.62 Å². The van der Waals surface area contributed by atoms with Crippen molar-refractivity contribution in [3.63, 3.8) is 0 Å². The van der Waals surface area contributed by atoms with Crippen LogP contribution in [0.4, 0.5) is 0 Å². The molecule has 1 aliphatic rings. The minimum Gasteiger partial charge on any atom is -0.355 e. The highest BCUT2D eigenvalue weighted by molar-refractivity contribution is 7.89. The summed E-state index contributed by atoms with van der Waals surface area (Å²) in [6.07, 6.45) is 0.432. The molecular weight excluding hydrogens is 276 g/mol. The third-order valence-electron chi connectivity index (χ3n) is 3.58. The van der Waals surface area contributed by atoms with Gasteiger partial charge in [0.2, 0.25) is 15.9 Å². The van der Waals surface area contributed by atoms with E-state index < -0.39 is 16.1 Å². The van der Waals surface area contributed by atoms with Crippen molar-refractivity contribution in [1.29, 1.82) is 0 Å². The maximum atomic E-state index is 12.2. The van der Waals surface area contributed by atoms with Crippen LogP contribution in [-0.4, -0.2) is 37.0 Å². The van der Waals surface area contributed by atoms with Crippen molar-refractivity contribution < 1.29 is 13.2 Å². The van der Waals surface area contributed by atoms with E-state index in [1.807, 2.05) is 31.2 Å². The predicted octanol–water partition coefficient (Wildman–Crippen LogP) is 0.899. The van der Waals surface area contributed by atoms with Crippen molar-refractivity contribution in [2.45, 2.75) is 32.9 Å². The van der Waals surface area contributed by atoms with Crippen LogP contribution in [-0.2, 0) is 27.8 Å². The van der Waals surface area contributed by atoms with E-state index in [4.69, 9.17) is 0 Å². The average molecular weight is 296 g/mol. The zero-order valence-corrected chi connectivity index (χ0v) is 12.6. The minimum absolute atomic E-state index is 0.00503. The maximum absolute atomic E-state index is 12.2. The maximum Gasteiger partial charge on any atom is 0.238 e. The Morgan fingerprint density at radius 2 is 1.95 bits per heavy atom. The minimum atomic E-state index is -3.40. The van der Waals surface area contributed by atoms with Gasteiger partial charge < -0.3 is 5.32 Å². The Kier molecular flexibility index (Phi) is 4.45. The number of carbonyl (C=O) groups is 1. The molecule has 5 nitrogen and oxygen atoms in total. The molecule has 0 radical (unpaired) electrons. The van der Waals surface area contributed by atoms with Gasteiger partial charge in [-0.05, 0) is 31.4 Å². The van der Waals surface area contributed by atoms with Gasteiger partial charge in [-0.1, -0.05) is 24.3 Å². The summed E-state index contributed by atoms with van der Waals surface area (Å²) in [5.74, 6) is -0.218. The van der Waals surface area contributed by atoms with Crippen LogP contribution in [0, 0.1) is 0 Å². The first-order valence-electron chi connectivity index (χ1n) is 6.83. The lowest BCUT2D eigenvalue weighted by molar-refractivity contribution is -0.125. The molecule has 2 rings (SSSR count). The first-order valence-corrected chi connectivity index (χ1v) is 8.44. The molecule has 1 aromatic carbocycles. The van der Waals surface area contributed by atoms with Gasteiger partial charge >= 0.3 is 0 Å². The van der Waals surface area contributed by atoms with Gasteiger partial charge in [0.15, 0.2) is 0 Å². The van der Waals surface area contributed by atoms with Gasteiger partial charge in [0, 0.05) is 13.1 Å². The summed E-state index contributed by atoms with van der Waals surface area (Å²) < 4.78 is 25.8. The largest absolute Gasteiger partial charge is 0.355 e. The Hall–Kier alpha value is -1.40. The van der Waals surface area contributed by atoms with Crippen LogP contribution in [0.15, 0.2) is 24.3 Å². The van der Waals surface area contributed by atoms with Gasteiger partial charge in [-0.25, -0.2) is 8.42 Å². The second-order valence-corrected chi connectivity index (χ2v) is 7.04. The lowest BCUT2D eigenvalue weighted by Crippen LogP contribution is -2.52. The lowest BCUT2D eigenvalue weighted by Gasteiger charge is -2.34. The molecule has 0 saturated carbocycles. The Labute approximate surface area is 120 Å². The van der Waals surface area contributed by atoms with E-state index >= 15 is 0 Å². The fourth-order valence-electron chi connectivity index (χ4n) is 2.47. The Morgan fingerprint density at radius 3 is 2.55 bits per heavy atom. The first kappa shape index (κ1) is 15.0. The normalized spacial score (nSPS) is 19.4. The molecule has 0 spiro atoms. The van der Waals surface area contributed by atoms with Gasteiger partial charge in [0.25, 0.3) is 0 Å². The molecule has 1 heterocycles. The van der Waals surface area contributed by atoms with Gasteiger partial charge in [-0.2, -0.15) is 4.31 Å². The van der Waals surface area contributed by atoms with E-state index in [0.717, 1.165) is 11.1 Å². The van der Waals surface area contributed by atoms with E-state index in [-0.39, 0.29) is 18.2 Å². The Bertz CT molecular complexity index is 598. The summed E-state index contributed by atoms with van der Waals surface area (Å²) in [6.45, 7) is 4.20. The smallest absolute Gasteiger partial charge is 0.238 e. The molecule has 1 N–H and O–H groups in total. The molecule has 6 heteroatoms. The second-order valence-electron chi connectivity index (χ2n) is 4.83. The fraction of sp³-hybridized carbons (Fsp3) is 0.500. The van der Waals surface area contributed by atoms with Crippen molar-refractivity contribution in [2.75, 3.05) is 12.3 Å². The molecule has 0 bridgehead atoms. The van der Waals surface area contributed by atoms with E-state index in [0.29, 0.717) is 13.0 Å². The first-order chi connectivity index (χ1) is 9.49. The molecule has 110 valence electrons. The topological polar surface area (TPSA) is 66.5 Å². The number of rotatable bonds is 4.